The summed E-state index contributed by atoms with van der Waals surface area (Å²) in [6, 6.07) is 24.1. The van der Waals surface area contributed by atoms with Crippen molar-refractivity contribution in [2.75, 3.05) is 14.8 Å². The molecule has 1 amide bonds. The van der Waals surface area contributed by atoms with Gasteiger partial charge in [-0.25, -0.2) is 16.8 Å². The molecule has 8 nitrogen and oxygen atoms in total. The molecule has 4 aromatic carbocycles. The van der Waals surface area contributed by atoms with E-state index in [0.29, 0.717) is 22.6 Å². The molecule has 3 N–H and O–H groups in total. The van der Waals surface area contributed by atoms with E-state index in [1.54, 1.807) is 56.3 Å². The normalized spacial score (nSPS) is 11.6. The van der Waals surface area contributed by atoms with Crippen LogP contribution in [0.15, 0.2) is 101 Å². The number of anilines is 3. The molecule has 0 atom stereocenters. The van der Waals surface area contributed by atoms with Gasteiger partial charge < -0.3 is 5.32 Å². The summed E-state index contributed by atoms with van der Waals surface area (Å²) in [5.41, 5.74) is 3.56. The molecule has 0 aliphatic carbocycles. The Morgan fingerprint density at radius 2 is 1.34 bits per heavy atom. The summed E-state index contributed by atoms with van der Waals surface area (Å²) in [5, 5.41) is 2.68. The van der Waals surface area contributed by atoms with Gasteiger partial charge >= 0.3 is 0 Å². The van der Waals surface area contributed by atoms with Gasteiger partial charge in [-0.05, 0) is 92.1 Å². The Hall–Kier alpha value is -4.15. The van der Waals surface area contributed by atoms with Crippen molar-refractivity contribution in [3.8, 4) is 0 Å². The third-order valence-electron chi connectivity index (χ3n) is 5.82. The van der Waals surface area contributed by atoms with Gasteiger partial charge in [0.25, 0.3) is 26.0 Å². The Labute approximate surface area is 222 Å². The van der Waals surface area contributed by atoms with Gasteiger partial charge in [0.05, 0.1) is 15.5 Å². The van der Waals surface area contributed by atoms with Crippen LogP contribution in [0, 0.1) is 20.8 Å². The molecule has 0 aromatic heterocycles. The molecule has 0 saturated heterocycles. The lowest BCUT2D eigenvalue weighted by Gasteiger charge is -2.13. The summed E-state index contributed by atoms with van der Waals surface area (Å²) in [6.07, 6.45) is 0. The van der Waals surface area contributed by atoms with Crippen LogP contribution >= 0.6 is 0 Å². The summed E-state index contributed by atoms with van der Waals surface area (Å²) < 4.78 is 56.7. The minimum Gasteiger partial charge on any atom is -0.322 e. The summed E-state index contributed by atoms with van der Waals surface area (Å²) in [4.78, 5) is 12.9. The van der Waals surface area contributed by atoms with E-state index in [1.165, 1.54) is 36.4 Å². The molecular formula is C28H27N3O5S2. The lowest BCUT2D eigenvalue weighted by molar-refractivity contribution is 0.102. The number of sulfonamides is 2. The Bertz CT molecular complexity index is 1720. The quantitative estimate of drug-likeness (QED) is 0.269. The van der Waals surface area contributed by atoms with Crippen LogP contribution in [0.1, 0.15) is 27.0 Å². The fourth-order valence-electron chi connectivity index (χ4n) is 3.76. The number of carbonyl (C=O) groups is 1. The van der Waals surface area contributed by atoms with E-state index in [1.807, 2.05) is 19.1 Å². The van der Waals surface area contributed by atoms with Crippen molar-refractivity contribution in [2.24, 2.45) is 0 Å². The molecular weight excluding hydrogens is 522 g/mol. The number of amides is 1. The fraction of sp³-hybridized carbons (Fsp3) is 0.107. The van der Waals surface area contributed by atoms with Crippen molar-refractivity contribution >= 4 is 43.0 Å². The molecule has 0 saturated carbocycles. The number of hydrogen-bond donors (Lipinski definition) is 3. The molecule has 0 fully saturated rings. The lowest BCUT2D eigenvalue weighted by atomic mass is 10.1. The second-order valence-electron chi connectivity index (χ2n) is 8.85. The van der Waals surface area contributed by atoms with Gasteiger partial charge in [-0.1, -0.05) is 36.4 Å². The number of benzene rings is 4. The minimum absolute atomic E-state index is 0.0182. The Morgan fingerprint density at radius 3 is 2.03 bits per heavy atom. The standard InChI is InChI=1S/C28H27N3O5S2/c1-19-7-6-9-24(17-19)30-38(35,36)27-18-22(12-11-21(27)3)28(32)29-23-13-15-25(16-14-23)37(33,34)31-26-10-5-4-8-20(26)2/h4-18,30-31H,1-3H3,(H,29,32). The number of nitrogens with one attached hydrogen (secondary N) is 3. The second kappa shape index (κ2) is 10.7. The number of aryl methyl sites for hydroxylation is 3. The van der Waals surface area contributed by atoms with Crippen LogP contribution in [0.3, 0.4) is 0 Å². The zero-order valence-corrected chi connectivity index (χ0v) is 22.7. The van der Waals surface area contributed by atoms with Gasteiger partial charge in [0.2, 0.25) is 0 Å². The predicted octanol–water partition coefficient (Wildman–Crippen LogP) is 5.47. The van der Waals surface area contributed by atoms with Gasteiger partial charge in [0.1, 0.15) is 0 Å². The van der Waals surface area contributed by atoms with Gasteiger partial charge in [0, 0.05) is 16.9 Å². The van der Waals surface area contributed by atoms with Crippen molar-refractivity contribution in [1.29, 1.82) is 0 Å². The predicted molar refractivity (Wildman–Crippen MR) is 150 cm³/mol. The number of carbonyl (C=O) groups excluding carboxylic acids is 1. The highest BCUT2D eigenvalue weighted by molar-refractivity contribution is 7.93. The molecule has 0 unspecified atom stereocenters. The zero-order chi connectivity index (χ0) is 27.5. The summed E-state index contributed by atoms with van der Waals surface area (Å²) >= 11 is 0. The smallest absolute Gasteiger partial charge is 0.262 e. The first-order valence-corrected chi connectivity index (χ1v) is 14.6. The third kappa shape index (κ3) is 6.21. The van der Waals surface area contributed by atoms with E-state index >= 15 is 0 Å². The molecule has 10 heteroatoms. The summed E-state index contributed by atoms with van der Waals surface area (Å²) in [6.45, 7) is 5.31. The van der Waals surface area contributed by atoms with Crippen LogP contribution in [0.4, 0.5) is 17.1 Å². The maximum Gasteiger partial charge on any atom is 0.262 e. The van der Waals surface area contributed by atoms with Crippen molar-refractivity contribution < 1.29 is 21.6 Å². The lowest BCUT2D eigenvalue weighted by Crippen LogP contribution is -2.17. The van der Waals surface area contributed by atoms with Crippen LogP contribution in [-0.2, 0) is 20.0 Å². The molecule has 0 aliphatic heterocycles. The summed E-state index contributed by atoms with van der Waals surface area (Å²) in [7, 11) is -7.77. The van der Waals surface area contributed by atoms with E-state index in [2.05, 4.69) is 14.8 Å². The van der Waals surface area contributed by atoms with Gasteiger partial charge in [-0.3, -0.25) is 14.2 Å². The van der Waals surface area contributed by atoms with Crippen LogP contribution in [0.2, 0.25) is 0 Å². The van der Waals surface area contributed by atoms with Crippen molar-refractivity contribution in [3.05, 3.63) is 113 Å². The molecule has 4 aromatic rings. The van der Waals surface area contributed by atoms with Crippen LogP contribution in [0.25, 0.3) is 0 Å². The van der Waals surface area contributed by atoms with Crippen LogP contribution < -0.4 is 14.8 Å². The molecule has 196 valence electrons. The number of para-hydroxylation sites is 1. The highest BCUT2D eigenvalue weighted by atomic mass is 32.2. The number of hydrogen-bond acceptors (Lipinski definition) is 5. The van der Waals surface area contributed by atoms with Gasteiger partial charge in [-0.15, -0.1) is 0 Å². The highest BCUT2D eigenvalue weighted by Crippen LogP contribution is 2.23. The molecule has 38 heavy (non-hydrogen) atoms. The monoisotopic (exact) mass is 549 g/mol. The maximum absolute atomic E-state index is 13.0. The average molecular weight is 550 g/mol. The minimum atomic E-state index is -3.94. The van der Waals surface area contributed by atoms with E-state index in [9.17, 15) is 21.6 Å². The first-order chi connectivity index (χ1) is 17.9. The largest absolute Gasteiger partial charge is 0.322 e. The Morgan fingerprint density at radius 1 is 0.632 bits per heavy atom. The first-order valence-electron chi connectivity index (χ1n) is 11.6. The van der Waals surface area contributed by atoms with Crippen LogP contribution in [-0.4, -0.2) is 22.7 Å². The Kier molecular flexibility index (Phi) is 7.56. The highest BCUT2D eigenvalue weighted by Gasteiger charge is 2.20. The van der Waals surface area contributed by atoms with Crippen LogP contribution in [0.5, 0.6) is 0 Å². The second-order valence-corrected chi connectivity index (χ2v) is 12.2. The Balaban J connectivity index is 1.50. The first kappa shape index (κ1) is 26.9. The molecule has 0 spiro atoms. The molecule has 4 rings (SSSR count). The zero-order valence-electron chi connectivity index (χ0n) is 21.0. The van der Waals surface area contributed by atoms with Gasteiger partial charge in [0.15, 0.2) is 0 Å². The molecule has 0 heterocycles. The van der Waals surface area contributed by atoms with E-state index < -0.39 is 26.0 Å². The molecule has 0 radical (unpaired) electrons. The molecule has 0 bridgehead atoms. The van der Waals surface area contributed by atoms with Crippen molar-refractivity contribution in [1.82, 2.24) is 0 Å². The molecule has 0 aliphatic rings. The SMILES string of the molecule is Cc1cccc(NS(=O)(=O)c2cc(C(=O)Nc3ccc(S(=O)(=O)Nc4ccccc4C)cc3)ccc2C)c1. The fourth-order valence-corrected chi connectivity index (χ4v) is 6.21. The third-order valence-corrected chi connectivity index (χ3v) is 8.73. The van der Waals surface area contributed by atoms with Crippen molar-refractivity contribution in [2.45, 2.75) is 30.6 Å². The van der Waals surface area contributed by atoms with Crippen molar-refractivity contribution in [3.63, 3.8) is 0 Å². The van der Waals surface area contributed by atoms with E-state index in [4.69, 9.17) is 0 Å². The topological polar surface area (TPSA) is 121 Å². The maximum atomic E-state index is 13.0. The number of rotatable bonds is 8. The average Bonchev–Trinajstić information content (AvgIpc) is 2.85. The van der Waals surface area contributed by atoms with E-state index in [0.717, 1.165) is 11.1 Å². The van der Waals surface area contributed by atoms with Gasteiger partial charge in [-0.2, -0.15) is 0 Å². The van der Waals surface area contributed by atoms with E-state index in [-0.39, 0.29) is 15.4 Å². The summed E-state index contributed by atoms with van der Waals surface area (Å²) in [5.74, 6) is -0.536.